The number of methoxy groups -OCH3 is 1. The number of rotatable bonds is 6. The van der Waals surface area contributed by atoms with Crippen molar-refractivity contribution in [1.82, 2.24) is 14.8 Å². The van der Waals surface area contributed by atoms with Crippen LogP contribution in [0, 0.1) is 12.7 Å². The predicted molar refractivity (Wildman–Crippen MR) is 134 cm³/mol. The molecular weight excluding hydrogens is 463 g/mol. The molecular formula is C27H27FN4O4. The molecule has 0 spiro atoms. The van der Waals surface area contributed by atoms with E-state index in [2.05, 4.69) is 15.4 Å². The number of hydrogen-bond donors (Lipinski definition) is 1. The van der Waals surface area contributed by atoms with Crippen LogP contribution in [0.1, 0.15) is 42.3 Å². The van der Waals surface area contributed by atoms with Crippen molar-refractivity contribution in [3.8, 4) is 11.5 Å². The Labute approximate surface area is 208 Å². The molecule has 0 radical (unpaired) electrons. The number of anilines is 1. The zero-order valence-corrected chi connectivity index (χ0v) is 20.8. The first kappa shape index (κ1) is 24.8. The van der Waals surface area contributed by atoms with Crippen molar-refractivity contribution in [3.63, 3.8) is 0 Å². The van der Waals surface area contributed by atoms with Crippen LogP contribution in [-0.4, -0.2) is 33.8 Å². The molecule has 0 fully saturated rings. The third-order valence-electron chi connectivity index (χ3n) is 5.54. The van der Waals surface area contributed by atoms with E-state index in [9.17, 15) is 9.59 Å². The van der Waals surface area contributed by atoms with Crippen molar-refractivity contribution in [1.29, 1.82) is 0 Å². The smallest absolute Gasteiger partial charge is 0.337 e. The number of carbonyl (C=O) groups excluding carboxylic acids is 2. The van der Waals surface area contributed by atoms with Crippen molar-refractivity contribution >= 4 is 28.5 Å². The number of nitrogens with one attached hydrogen (secondary N) is 1. The zero-order chi connectivity index (χ0) is 26.0. The van der Waals surface area contributed by atoms with E-state index in [1.165, 1.54) is 13.2 Å². The van der Waals surface area contributed by atoms with Crippen LogP contribution in [0.15, 0.2) is 55.0 Å². The van der Waals surface area contributed by atoms with E-state index in [1.54, 1.807) is 60.5 Å². The van der Waals surface area contributed by atoms with Gasteiger partial charge in [-0.25, -0.2) is 9.18 Å². The highest BCUT2D eigenvalue weighted by Gasteiger charge is 2.17. The molecule has 0 aliphatic rings. The second kappa shape index (κ2) is 9.77. The lowest BCUT2D eigenvalue weighted by atomic mass is 10.1. The predicted octanol–water partition coefficient (Wildman–Crippen LogP) is 5.39. The fraction of sp³-hybridized carbons (Fsp3) is 0.259. The second-order valence-corrected chi connectivity index (χ2v) is 9.43. The maximum Gasteiger partial charge on any atom is 0.337 e. The van der Waals surface area contributed by atoms with Crippen molar-refractivity contribution in [2.75, 3.05) is 12.4 Å². The molecule has 0 saturated carbocycles. The molecule has 4 rings (SSSR count). The molecule has 1 N–H and O–H groups in total. The van der Waals surface area contributed by atoms with Gasteiger partial charge in [0.05, 0.1) is 42.0 Å². The Bertz CT molecular complexity index is 1430. The van der Waals surface area contributed by atoms with Gasteiger partial charge in [-0.15, -0.1) is 0 Å². The van der Waals surface area contributed by atoms with Gasteiger partial charge in [0.2, 0.25) is 5.91 Å². The first-order valence-electron chi connectivity index (χ1n) is 11.3. The monoisotopic (exact) mass is 490 g/mol. The van der Waals surface area contributed by atoms with Gasteiger partial charge in [0.15, 0.2) is 11.6 Å². The molecule has 8 nitrogen and oxygen atoms in total. The molecule has 0 saturated heterocycles. The van der Waals surface area contributed by atoms with E-state index in [-0.39, 0.29) is 23.6 Å². The number of ether oxygens (including phenoxy) is 2. The molecule has 0 aliphatic heterocycles. The SMILES string of the molecule is COC(=O)c1ccc2nccc(Oc3c(C)cc(CC(=O)Nc4cnn(C(C)(C)C)c4)cc3F)c2c1. The molecule has 0 unspecified atom stereocenters. The molecule has 2 aromatic heterocycles. The van der Waals surface area contributed by atoms with Crippen LogP contribution in [0.25, 0.3) is 10.9 Å². The van der Waals surface area contributed by atoms with Crippen molar-refractivity contribution in [2.45, 2.75) is 39.7 Å². The number of nitrogens with zero attached hydrogens (tertiary/aromatic N) is 3. The van der Waals surface area contributed by atoms with Crippen LogP contribution < -0.4 is 10.1 Å². The van der Waals surface area contributed by atoms with Crippen LogP contribution in [0.5, 0.6) is 11.5 Å². The fourth-order valence-corrected chi connectivity index (χ4v) is 3.74. The number of aromatic nitrogens is 3. The minimum atomic E-state index is -0.604. The van der Waals surface area contributed by atoms with Gasteiger partial charge in [-0.2, -0.15) is 5.10 Å². The summed E-state index contributed by atoms with van der Waals surface area (Å²) in [6, 6.07) is 9.46. The number of benzene rings is 2. The van der Waals surface area contributed by atoms with E-state index >= 15 is 4.39 Å². The molecule has 0 atom stereocenters. The lowest BCUT2D eigenvalue weighted by molar-refractivity contribution is -0.115. The Morgan fingerprint density at radius 1 is 1.14 bits per heavy atom. The summed E-state index contributed by atoms with van der Waals surface area (Å²) in [6.07, 6.45) is 4.87. The third-order valence-corrected chi connectivity index (χ3v) is 5.54. The standard InChI is InChI=1S/C27H27FN4O4/c1-16-10-17(12-24(33)31-19-14-30-32(15-19)27(2,3)4)11-21(28)25(16)36-23-8-9-29-22-7-6-18(13-20(22)23)26(34)35-5/h6-11,13-15H,12H2,1-5H3,(H,31,33). The first-order valence-corrected chi connectivity index (χ1v) is 11.3. The number of fused-ring (bicyclic) bond motifs is 1. The number of hydrogen-bond acceptors (Lipinski definition) is 6. The summed E-state index contributed by atoms with van der Waals surface area (Å²) >= 11 is 0. The van der Waals surface area contributed by atoms with Crippen LogP contribution in [0.4, 0.5) is 10.1 Å². The average Bonchev–Trinajstić information content (AvgIpc) is 3.29. The highest BCUT2D eigenvalue weighted by molar-refractivity contribution is 5.96. The molecule has 1 amide bonds. The summed E-state index contributed by atoms with van der Waals surface area (Å²) < 4.78 is 27.6. The van der Waals surface area contributed by atoms with Gasteiger partial charge in [0.1, 0.15) is 5.75 Å². The number of amides is 1. The number of pyridine rings is 1. The number of carbonyl (C=O) groups is 2. The Kier molecular flexibility index (Phi) is 6.74. The summed E-state index contributed by atoms with van der Waals surface area (Å²) in [5.41, 5.74) is 2.30. The van der Waals surface area contributed by atoms with E-state index in [1.807, 2.05) is 20.8 Å². The van der Waals surface area contributed by atoms with Crippen LogP contribution in [0.3, 0.4) is 0 Å². The van der Waals surface area contributed by atoms with Gasteiger partial charge in [-0.05, 0) is 69.2 Å². The summed E-state index contributed by atoms with van der Waals surface area (Å²) in [5.74, 6) is -1.02. The van der Waals surface area contributed by atoms with Crippen molar-refractivity contribution in [2.24, 2.45) is 0 Å². The zero-order valence-electron chi connectivity index (χ0n) is 20.8. The lowest BCUT2D eigenvalue weighted by Gasteiger charge is -2.18. The minimum absolute atomic E-state index is 0.0145. The number of aryl methyl sites for hydroxylation is 1. The Morgan fingerprint density at radius 3 is 2.58 bits per heavy atom. The van der Waals surface area contributed by atoms with Crippen LogP contribution in [-0.2, 0) is 21.5 Å². The third kappa shape index (κ3) is 5.35. The topological polar surface area (TPSA) is 95.3 Å². The normalized spacial score (nSPS) is 11.4. The quantitative estimate of drug-likeness (QED) is 0.364. The van der Waals surface area contributed by atoms with Gasteiger partial charge in [0, 0.05) is 17.8 Å². The maximum absolute atomic E-state index is 15.1. The Balaban J connectivity index is 1.54. The highest BCUT2D eigenvalue weighted by atomic mass is 19.1. The van der Waals surface area contributed by atoms with Crippen molar-refractivity contribution in [3.05, 3.63) is 77.5 Å². The average molecular weight is 491 g/mol. The minimum Gasteiger partial charge on any atom is -0.465 e. The number of esters is 1. The molecule has 2 heterocycles. The molecule has 0 aliphatic carbocycles. The second-order valence-electron chi connectivity index (χ2n) is 9.43. The first-order chi connectivity index (χ1) is 17.0. The number of halogens is 1. The van der Waals surface area contributed by atoms with Gasteiger partial charge in [-0.3, -0.25) is 14.5 Å². The fourth-order valence-electron chi connectivity index (χ4n) is 3.74. The van der Waals surface area contributed by atoms with E-state index in [0.29, 0.717) is 39.0 Å². The van der Waals surface area contributed by atoms with E-state index < -0.39 is 11.8 Å². The molecule has 9 heteroatoms. The molecule has 186 valence electrons. The molecule has 2 aromatic carbocycles. The van der Waals surface area contributed by atoms with Crippen LogP contribution in [0.2, 0.25) is 0 Å². The maximum atomic E-state index is 15.1. The Hall–Kier alpha value is -4.27. The van der Waals surface area contributed by atoms with Gasteiger partial charge in [0.25, 0.3) is 0 Å². The van der Waals surface area contributed by atoms with Gasteiger partial charge in [-0.1, -0.05) is 6.07 Å². The summed E-state index contributed by atoms with van der Waals surface area (Å²) in [7, 11) is 1.30. The lowest BCUT2D eigenvalue weighted by Crippen LogP contribution is -2.22. The largest absolute Gasteiger partial charge is 0.465 e. The summed E-state index contributed by atoms with van der Waals surface area (Å²) in [5, 5.41) is 7.60. The molecule has 36 heavy (non-hydrogen) atoms. The van der Waals surface area contributed by atoms with Crippen molar-refractivity contribution < 1.29 is 23.5 Å². The van der Waals surface area contributed by atoms with E-state index in [4.69, 9.17) is 9.47 Å². The Morgan fingerprint density at radius 2 is 1.92 bits per heavy atom. The summed E-state index contributed by atoms with van der Waals surface area (Å²) in [6.45, 7) is 7.73. The summed E-state index contributed by atoms with van der Waals surface area (Å²) in [4.78, 5) is 28.8. The van der Waals surface area contributed by atoms with E-state index in [0.717, 1.165) is 0 Å². The molecule has 0 bridgehead atoms. The van der Waals surface area contributed by atoms with Gasteiger partial charge < -0.3 is 14.8 Å². The molecule has 4 aromatic rings. The van der Waals surface area contributed by atoms with Gasteiger partial charge >= 0.3 is 5.97 Å². The highest BCUT2D eigenvalue weighted by Crippen LogP contribution is 2.34. The van der Waals surface area contributed by atoms with Crippen LogP contribution >= 0.6 is 0 Å².